The van der Waals surface area contributed by atoms with E-state index in [0.29, 0.717) is 0 Å². The summed E-state index contributed by atoms with van der Waals surface area (Å²) in [6, 6.07) is 0. The molecule has 0 fully saturated rings. The molecule has 12 heavy (non-hydrogen) atoms. The second-order valence-corrected chi connectivity index (χ2v) is 2.09. The van der Waals surface area contributed by atoms with Crippen LogP contribution in [-0.4, -0.2) is 34.4 Å². The van der Waals surface area contributed by atoms with Crippen LogP contribution in [0.4, 0.5) is 0 Å². The first-order valence-corrected chi connectivity index (χ1v) is 3.06. The summed E-state index contributed by atoms with van der Waals surface area (Å²) in [6.45, 7) is 2.33. The quantitative estimate of drug-likeness (QED) is 0.260. The molecule has 0 saturated heterocycles. The van der Waals surface area contributed by atoms with E-state index in [0.717, 1.165) is 13.8 Å². The second-order valence-electron chi connectivity index (χ2n) is 2.09. The SMILES string of the molecule is CC(O)C(=O)OC(=O)C(C)O.[H-].[Na+]. The summed E-state index contributed by atoms with van der Waals surface area (Å²) < 4.78 is 4.00. The zero-order chi connectivity index (χ0) is 9.02. The molecule has 2 atom stereocenters. The average molecular weight is 186 g/mol. The Labute approximate surface area is 93.5 Å². The molecule has 0 aliphatic heterocycles. The summed E-state index contributed by atoms with van der Waals surface area (Å²) in [5.41, 5.74) is 0. The molecule has 0 radical (unpaired) electrons. The summed E-state index contributed by atoms with van der Waals surface area (Å²) in [6.07, 6.45) is -2.70. The molecular formula is C6H11NaO5. The van der Waals surface area contributed by atoms with Crippen molar-refractivity contribution in [1.29, 1.82) is 0 Å². The molecule has 0 saturated carbocycles. The van der Waals surface area contributed by atoms with Crippen molar-refractivity contribution in [3.63, 3.8) is 0 Å². The van der Waals surface area contributed by atoms with Crippen LogP contribution in [0.25, 0.3) is 0 Å². The van der Waals surface area contributed by atoms with Gasteiger partial charge in [0.1, 0.15) is 12.2 Å². The van der Waals surface area contributed by atoms with Gasteiger partial charge in [-0.15, -0.1) is 0 Å². The number of esters is 2. The van der Waals surface area contributed by atoms with Crippen molar-refractivity contribution in [2.75, 3.05) is 0 Å². The van der Waals surface area contributed by atoms with Crippen LogP contribution in [0, 0.1) is 0 Å². The smallest absolute Gasteiger partial charge is 1.00 e. The first-order valence-electron chi connectivity index (χ1n) is 3.06. The first kappa shape index (κ1) is 14.6. The fraction of sp³-hybridized carbons (Fsp3) is 0.667. The minimum Gasteiger partial charge on any atom is -1.00 e. The van der Waals surface area contributed by atoms with E-state index in [1.807, 2.05) is 0 Å². The number of rotatable bonds is 2. The minimum absolute atomic E-state index is 0. The molecule has 0 aliphatic carbocycles. The van der Waals surface area contributed by atoms with Gasteiger partial charge in [-0.25, -0.2) is 9.59 Å². The Hall–Kier alpha value is 0.0600. The van der Waals surface area contributed by atoms with E-state index in [1.54, 1.807) is 0 Å². The molecule has 0 aromatic heterocycles. The fourth-order valence-corrected chi connectivity index (χ4v) is 0.270. The maximum atomic E-state index is 10.5. The number of carbonyl (C=O) groups excluding carboxylic acids is 2. The number of aliphatic hydroxyl groups excluding tert-OH is 2. The van der Waals surface area contributed by atoms with Crippen LogP contribution in [0.1, 0.15) is 15.3 Å². The monoisotopic (exact) mass is 186 g/mol. The molecule has 2 N–H and O–H groups in total. The molecule has 0 aromatic carbocycles. The van der Waals surface area contributed by atoms with Gasteiger partial charge in [0.15, 0.2) is 0 Å². The summed E-state index contributed by atoms with van der Waals surface area (Å²) in [5, 5.41) is 17.1. The van der Waals surface area contributed by atoms with Crippen LogP contribution < -0.4 is 29.6 Å². The van der Waals surface area contributed by atoms with Gasteiger partial charge < -0.3 is 16.4 Å². The molecule has 0 aromatic rings. The Balaban J connectivity index is -0.000000500. The van der Waals surface area contributed by atoms with Gasteiger partial charge >= 0.3 is 41.5 Å². The van der Waals surface area contributed by atoms with Crippen molar-refractivity contribution in [1.82, 2.24) is 0 Å². The standard InChI is InChI=1S/C6H10O5.Na.H/c1-3(7)5(9)11-6(10)4(2)8;;/h3-4,7-8H,1-2H3;;/q;+1;-1. The van der Waals surface area contributed by atoms with Gasteiger partial charge in [-0.05, 0) is 13.8 Å². The molecule has 0 amide bonds. The molecule has 0 spiro atoms. The van der Waals surface area contributed by atoms with Crippen LogP contribution in [-0.2, 0) is 14.3 Å². The summed E-state index contributed by atoms with van der Waals surface area (Å²) in [7, 11) is 0. The maximum absolute atomic E-state index is 10.5. The van der Waals surface area contributed by atoms with E-state index in [9.17, 15) is 9.59 Å². The van der Waals surface area contributed by atoms with E-state index in [2.05, 4.69) is 4.74 Å². The topological polar surface area (TPSA) is 83.8 Å². The largest absolute Gasteiger partial charge is 1.00 e. The third-order valence-electron chi connectivity index (χ3n) is 0.883. The van der Waals surface area contributed by atoms with Crippen molar-refractivity contribution >= 4 is 11.9 Å². The predicted molar refractivity (Wildman–Crippen MR) is 35.6 cm³/mol. The van der Waals surface area contributed by atoms with Gasteiger partial charge in [0.25, 0.3) is 0 Å². The van der Waals surface area contributed by atoms with Crippen LogP contribution in [0.2, 0.25) is 0 Å². The van der Waals surface area contributed by atoms with Crippen molar-refractivity contribution in [2.45, 2.75) is 26.1 Å². The van der Waals surface area contributed by atoms with Crippen LogP contribution in [0.3, 0.4) is 0 Å². The molecule has 0 aliphatic rings. The van der Waals surface area contributed by atoms with Crippen LogP contribution in [0.5, 0.6) is 0 Å². The summed E-state index contributed by atoms with van der Waals surface area (Å²) in [5.74, 6) is -2.12. The third-order valence-corrected chi connectivity index (χ3v) is 0.883. The van der Waals surface area contributed by atoms with E-state index < -0.39 is 24.1 Å². The average Bonchev–Trinajstić information content (AvgIpc) is 1.87. The molecule has 5 nitrogen and oxygen atoms in total. The molecule has 0 rings (SSSR count). The number of hydrogen-bond donors (Lipinski definition) is 2. The minimum atomic E-state index is -1.35. The molecule has 0 heterocycles. The number of hydrogen-bond acceptors (Lipinski definition) is 5. The van der Waals surface area contributed by atoms with Gasteiger partial charge in [0, 0.05) is 0 Å². The normalized spacial score (nSPS) is 14.0. The summed E-state index contributed by atoms with van der Waals surface area (Å²) in [4.78, 5) is 20.9. The third kappa shape index (κ3) is 5.68. The van der Waals surface area contributed by atoms with Crippen molar-refractivity contribution in [3.05, 3.63) is 0 Å². The molecule has 6 heteroatoms. The van der Waals surface area contributed by atoms with Crippen LogP contribution >= 0.6 is 0 Å². The maximum Gasteiger partial charge on any atom is 1.00 e. The van der Waals surface area contributed by atoms with Gasteiger partial charge in [0.2, 0.25) is 0 Å². The Morgan fingerprint density at radius 3 is 1.58 bits per heavy atom. The molecular weight excluding hydrogens is 175 g/mol. The predicted octanol–water partition coefficient (Wildman–Crippen LogP) is -4.07. The zero-order valence-electron chi connectivity index (χ0n) is 8.27. The Morgan fingerprint density at radius 2 is 1.42 bits per heavy atom. The second kappa shape index (κ2) is 6.56. The Bertz CT molecular complexity index is 152. The van der Waals surface area contributed by atoms with E-state index in [1.165, 1.54) is 0 Å². The van der Waals surface area contributed by atoms with Crippen molar-refractivity contribution in [2.24, 2.45) is 0 Å². The van der Waals surface area contributed by atoms with Gasteiger partial charge in [0.05, 0.1) is 0 Å². The fourth-order valence-electron chi connectivity index (χ4n) is 0.270. The zero-order valence-corrected chi connectivity index (χ0v) is 9.27. The number of ether oxygens (including phenoxy) is 1. The summed E-state index contributed by atoms with van der Waals surface area (Å²) >= 11 is 0. The van der Waals surface area contributed by atoms with Gasteiger partial charge in [-0.3, -0.25) is 0 Å². The Kier molecular flexibility index (Phi) is 7.97. The number of carbonyl (C=O) groups is 2. The van der Waals surface area contributed by atoms with E-state index in [4.69, 9.17) is 10.2 Å². The van der Waals surface area contributed by atoms with E-state index >= 15 is 0 Å². The van der Waals surface area contributed by atoms with Gasteiger partial charge in [-0.1, -0.05) is 0 Å². The van der Waals surface area contributed by atoms with Crippen molar-refractivity contribution < 1.29 is 55.5 Å². The first-order chi connectivity index (χ1) is 4.95. The number of aliphatic hydroxyl groups is 2. The van der Waals surface area contributed by atoms with Crippen molar-refractivity contribution in [3.8, 4) is 0 Å². The van der Waals surface area contributed by atoms with Crippen LogP contribution in [0.15, 0.2) is 0 Å². The molecule has 66 valence electrons. The molecule has 2 unspecified atom stereocenters. The Morgan fingerprint density at radius 1 is 1.17 bits per heavy atom. The van der Waals surface area contributed by atoms with E-state index in [-0.39, 0.29) is 31.0 Å². The molecule has 0 bridgehead atoms. The van der Waals surface area contributed by atoms with Gasteiger partial charge in [-0.2, -0.15) is 0 Å².